The first-order chi connectivity index (χ1) is 9.23. The van der Waals surface area contributed by atoms with Gasteiger partial charge in [0.15, 0.2) is 5.60 Å². The fraction of sp³-hybridized carbons (Fsp3) is 0.588. The summed E-state index contributed by atoms with van der Waals surface area (Å²) >= 11 is 0. The average Bonchev–Trinajstić information content (AvgIpc) is 2.70. The summed E-state index contributed by atoms with van der Waals surface area (Å²) in [5, 5.41) is 9.07. The van der Waals surface area contributed by atoms with Gasteiger partial charge in [-0.15, -0.1) is 0 Å². The van der Waals surface area contributed by atoms with Crippen molar-refractivity contribution in [3.05, 3.63) is 29.8 Å². The number of carbonyl (C=O) groups is 1. The van der Waals surface area contributed by atoms with Crippen LogP contribution in [0.1, 0.15) is 52.5 Å². The van der Waals surface area contributed by atoms with Crippen molar-refractivity contribution in [3.63, 3.8) is 0 Å². The fourth-order valence-corrected chi connectivity index (χ4v) is 3.06. The molecule has 0 aromatic heterocycles. The topological polar surface area (TPSA) is 46.5 Å². The first-order valence-corrected chi connectivity index (χ1v) is 7.26. The second-order valence-corrected chi connectivity index (χ2v) is 6.85. The molecule has 20 heavy (non-hydrogen) atoms. The molecule has 1 aromatic rings. The van der Waals surface area contributed by atoms with Gasteiger partial charge in [0.2, 0.25) is 0 Å². The minimum Gasteiger partial charge on any atom is -0.478 e. The number of carboxylic acid groups (broad SMARTS) is 1. The highest BCUT2D eigenvalue weighted by atomic mass is 16.5. The van der Waals surface area contributed by atoms with E-state index in [0.29, 0.717) is 5.75 Å². The molecule has 2 atom stereocenters. The predicted octanol–water partition coefficient (Wildman–Crippen LogP) is 4.01. The molecule has 1 saturated carbocycles. The van der Waals surface area contributed by atoms with Crippen molar-refractivity contribution in [2.24, 2.45) is 5.92 Å². The monoisotopic (exact) mass is 276 g/mol. The van der Waals surface area contributed by atoms with E-state index >= 15 is 0 Å². The Morgan fingerprint density at radius 3 is 2.40 bits per heavy atom. The van der Waals surface area contributed by atoms with Crippen LogP contribution in [0.5, 0.6) is 5.75 Å². The molecule has 0 spiro atoms. The summed E-state index contributed by atoms with van der Waals surface area (Å²) in [7, 11) is 0. The highest BCUT2D eigenvalue weighted by molar-refractivity contribution is 5.76. The Kier molecular flexibility index (Phi) is 3.81. The van der Waals surface area contributed by atoms with Crippen molar-refractivity contribution in [2.45, 2.75) is 58.0 Å². The summed E-state index contributed by atoms with van der Waals surface area (Å²) < 4.78 is 5.54. The molecule has 1 fully saturated rings. The van der Waals surface area contributed by atoms with Gasteiger partial charge in [-0.05, 0) is 62.1 Å². The van der Waals surface area contributed by atoms with Gasteiger partial charge in [0.05, 0.1) is 0 Å². The minimum atomic E-state index is -1.20. The highest BCUT2D eigenvalue weighted by Crippen LogP contribution is 2.43. The van der Waals surface area contributed by atoms with Crippen molar-refractivity contribution in [2.75, 3.05) is 0 Å². The van der Waals surface area contributed by atoms with Gasteiger partial charge in [-0.1, -0.05) is 26.0 Å². The van der Waals surface area contributed by atoms with Gasteiger partial charge < -0.3 is 9.84 Å². The molecule has 3 nitrogen and oxygen atoms in total. The third-order valence-electron chi connectivity index (χ3n) is 4.43. The molecule has 0 radical (unpaired) electrons. The second-order valence-electron chi connectivity index (χ2n) is 6.85. The zero-order valence-corrected chi connectivity index (χ0v) is 12.8. The highest BCUT2D eigenvalue weighted by Gasteiger charge is 2.34. The lowest BCUT2D eigenvalue weighted by Crippen LogP contribution is -2.37. The van der Waals surface area contributed by atoms with Crippen molar-refractivity contribution in [1.29, 1.82) is 0 Å². The summed E-state index contributed by atoms with van der Waals surface area (Å²) in [4.78, 5) is 11.1. The summed E-state index contributed by atoms with van der Waals surface area (Å²) in [6.07, 6.45) is 3.71. The Balaban J connectivity index is 2.13. The number of rotatable bonds is 4. The Bertz CT molecular complexity index is 489. The molecular weight excluding hydrogens is 252 g/mol. The van der Waals surface area contributed by atoms with Gasteiger partial charge in [-0.25, -0.2) is 4.79 Å². The lowest BCUT2D eigenvalue weighted by Gasteiger charge is -2.26. The summed E-state index contributed by atoms with van der Waals surface area (Å²) in [6.45, 7) is 7.73. The van der Waals surface area contributed by atoms with Crippen LogP contribution in [-0.2, 0) is 10.2 Å². The van der Waals surface area contributed by atoms with E-state index in [1.54, 1.807) is 13.8 Å². The van der Waals surface area contributed by atoms with Crippen molar-refractivity contribution < 1.29 is 14.6 Å². The van der Waals surface area contributed by atoms with Crippen LogP contribution in [0.3, 0.4) is 0 Å². The van der Waals surface area contributed by atoms with Gasteiger partial charge in [0, 0.05) is 0 Å². The van der Waals surface area contributed by atoms with Crippen LogP contribution in [0.4, 0.5) is 0 Å². The molecule has 1 N–H and O–H groups in total. The van der Waals surface area contributed by atoms with Gasteiger partial charge in [-0.2, -0.15) is 0 Å². The van der Waals surface area contributed by atoms with E-state index in [1.165, 1.54) is 24.8 Å². The van der Waals surface area contributed by atoms with E-state index in [4.69, 9.17) is 9.84 Å². The van der Waals surface area contributed by atoms with E-state index in [2.05, 4.69) is 26.0 Å². The van der Waals surface area contributed by atoms with E-state index in [9.17, 15) is 4.79 Å². The van der Waals surface area contributed by atoms with Crippen molar-refractivity contribution >= 4 is 5.97 Å². The third kappa shape index (κ3) is 2.97. The molecule has 0 heterocycles. The van der Waals surface area contributed by atoms with Crippen LogP contribution in [0.2, 0.25) is 0 Å². The summed E-state index contributed by atoms with van der Waals surface area (Å²) in [5.41, 5.74) is 0.371. The average molecular weight is 276 g/mol. The SMILES string of the molecule is C[C@@H]1CC[C@@](C)(c2ccc(OC(C)(C)C(=O)O)cc2)C1. The van der Waals surface area contributed by atoms with Crippen molar-refractivity contribution in [1.82, 2.24) is 0 Å². The van der Waals surface area contributed by atoms with E-state index < -0.39 is 11.6 Å². The van der Waals surface area contributed by atoms with Crippen LogP contribution in [0, 0.1) is 5.92 Å². The first-order valence-electron chi connectivity index (χ1n) is 7.26. The maximum atomic E-state index is 11.1. The van der Waals surface area contributed by atoms with Gasteiger partial charge in [0.25, 0.3) is 0 Å². The van der Waals surface area contributed by atoms with Gasteiger partial charge in [-0.3, -0.25) is 0 Å². The summed E-state index contributed by atoms with van der Waals surface area (Å²) in [5.74, 6) is 0.427. The van der Waals surface area contributed by atoms with E-state index in [1.807, 2.05) is 12.1 Å². The predicted molar refractivity (Wildman–Crippen MR) is 79.2 cm³/mol. The van der Waals surface area contributed by atoms with Crippen LogP contribution in [0.25, 0.3) is 0 Å². The molecule has 0 aliphatic heterocycles. The molecule has 1 aromatic carbocycles. The molecule has 2 rings (SSSR count). The molecule has 0 unspecified atom stereocenters. The van der Waals surface area contributed by atoms with Gasteiger partial charge in [0.1, 0.15) is 5.75 Å². The smallest absolute Gasteiger partial charge is 0.347 e. The van der Waals surface area contributed by atoms with Crippen molar-refractivity contribution in [3.8, 4) is 5.75 Å². The maximum absolute atomic E-state index is 11.1. The maximum Gasteiger partial charge on any atom is 0.347 e. The molecule has 1 aliphatic rings. The van der Waals surface area contributed by atoms with E-state index in [-0.39, 0.29) is 5.41 Å². The zero-order valence-electron chi connectivity index (χ0n) is 12.8. The van der Waals surface area contributed by atoms with Crippen LogP contribution < -0.4 is 4.74 Å². The molecule has 0 saturated heterocycles. The number of hydrogen-bond acceptors (Lipinski definition) is 2. The molecular formula is C17H24O3. The third-order valence-corrected chi connectivity index (χ3v) is 4.43. The standard InChI is InChI=1S/C17H24O3/c1-12-9-10-17(4,11-12)13-5-7-14(8-6-13)20-16(2,3)15(18)19/h5-8,12H,9-11H2,1-4H3,(H,18,19)/t12-,17-/m1/s1. The first kappa shape index (κ1) is 14.9. The fourth-order valence-electron chi connectivity index (χ4n) is 3.06. The zero-order chi connectivity index (χ0) is 15.0. The number of ether oxygens (including phenoxy) is 1. The van der Waals surface area contributed by atoms with Gasteiger partial charge >= 0.3 is 5.97 Å². The number of hydrogen-bond donors (Lipinski definition) is 1. The Morgan fingerprint density at radius 2 is 1.95 bits per heavy atom. The molecule has 3 heteroatoms. The number of benzene rings is 1. The molecule has 0 amide bonds. The molecule has 0 bridgehead atoms. The van der Waals surface area contributed by atoms with Crippen LogP contribution in [0.15, 0.2) is 24.3 Å². The quantitative estimate of drug-likeness (QED) is 0.904. The largest absolute Gasteiger partial charge is 0.478 e. The minimum absolute atomic E-state index is 0.250. The second kappa shape index (κ2) is 5.12. The van der Waals surface area contributed by atoms with Crippen LogP contribution in [-0.4, -0.2) is 16.7 Å². The summed E-state index contributed by atoms with van der Waals surface area (Å²) in [6, 6.07) is 7.92. The number of carboxylic acids is 1. The number of aliphatic carboxylic acids is 1. The van der Waals surface area contributed by atoms with E-state index in [0.717, 1.165) is 5.92 Å². The Hall–Kier alpha value is -1.51. The Morgan fingerprint density at radius 1 is 1.35 bits per heavy atom. The lowest BCUT2D eigenvalue weighted by molar-refractivity contribution is -0.152. The lowest BCUT2D eigenvalue weighted by atomic mass is 9.80. The Labute approximate surface area is 121 Å². The molecule has 110 valence electrons. The molecule has 1 aliphatic carbocycles. The van der Waals surface area contributed by atoms with Crippen LogP contribution >= 0.6 is 0 Å². The normalized spacial score (nSPS) is 26.5.